The Balaban J connectivity index is 1.59. The van der Waals surface area contributed by atoms with Crippen LogP contribution in [0, 0.1) is 0 Å². The van der Waals surface area contributed by atoms with Crippen molar-refractivity contribution in [1.29, 1.82) is 0 Å². The number of aliphatic hydroxyl groups excluding tert-OH is 1. The Hall–Kier alpha value is -1.69. The van der Waals surface area contributed by atoms with Crippen LogP contribution in [0.25, 0.3) is 0 Å². The van der Waals surface area contributed by atoms with Crippen LogP contribution in [0.5, 0.6) is 0 Å². The van der Waals surface area contributed by atoms with Gasteiger partial charge in [0.2, 0.25) is 0 Å². The van der Waals surface area contributed by atoms with E-state index in [1.54, 1.807) is 6.33 Å². The normalized spacial score (nSPS) is 36.6. The molecule has 2 N–H and O–H groups in total. The van der Waals surface area contributed by atoms with E-state index in [1.807, 2.05) is 6.20 Å². The van der Waals surface area contributed by atoms with E-state index in [4.69, 9.17) is 4.74 Å². The third kappa shape index (κ3) is 3.68. The van der Waals surface area contributed by atoms with Crippen LogP contribution in [0.1, 0.15) is 56.7 Å². The zero-order valence-corrected chi connectivity index (χ0v) is 16.6. The van der Waals surface area contributed by atoms with Gasteiger partial charge in [-0.2, -0.15) is 0 Å². The van der Waals surface area contributed by atoms with Crippen LogP contribution in [0.15, 0.2) is 42.9 Å². The van der Waals surface area contributed by atoms with Gasteiger partial charge in [0.25, 0.3) is 0 Å². The highest BCUT2D eigenvalue weighted by atomic mass is 16.5. The van der Waals surface area contributed by atoms with Crippen LogP contribution in [0.3, 0.4) is 0 Å². The van der Waals surface area contributed by atoms with Gasteiger partial charge in [-0.3, -0.25) is 4.90 Å². The second-order valence-electron chi connectivity index (χ2n) is 8.92. The summed E-state index contributed by atoms with van der Waals surface area (Å²) in [5.41, 5.74) is 1.68. The average molecular weight is 370 g/mol. The molecule has 0 spiro atoms. The maximum atomic E-state index is 11.4. The van der Waals surface area contributed by atoms with Gasteiger partial charge in [0.05, 0.1) is 23.6 Å². The van der Waals surface area contributed by atoms with E-state index in [0.29, 0.717) is 5.92 Å². The largest absolute Gasteiger partial charge is 0.388 e. The number of benzene rings is 1. The van der Waals surface area contributed by atoms with Crippen molar-refractivity contribution in [2.45, 2.75) is 75.3 Å². The molecule has 2 fully saturated rings. The Kier molecular flexibility index (Phi) is 4.87. The first-order valence-electron chi connectivity index (χ1n) is 9.99. The number of nitrogens with zero attached hydrogens (tertiary/aromatic N) is 2. The van der Waals surface area contributed by atoms with Gasteiger partial charge in [0.15, 0.2) is 0 Å². The molecular weight excluding hydrogens is 338 g/mol. The molecule has 2 aliphatic heterocycles. The first-order valence-corrected chi connectivity index (χ1v) is 9.99. The predicted octanol–water partition coefficient (Wildman–Crippen LogP) is 3.48. The van der Waals surface area contributed by atoms with E-state index in [1.165, 1.54) is 5.56 Å². The van der Waals surface area contributed by atoms with Crippen LogP contribution < -0.4 is 0 Å². The topological polar surface area (TPSA) is 61.4 Å². The molecule has 5 nitrogen and oxygen atoms in total. The Bertz CT molecular complexity index is 750. The third-order valence-corrected chi connectivity index (χ3v) is 6.58. The van der Waals surface area contributed by atoms with Crippen molar-refractivity contribution in [3.05, 3.63) is 54.1 Å². The number of likely N-dealkylation sites (N-methyl/N-ethyl adjacent to an activating group) is 1. The molecule has 5 heteroatoms. The molecule has 5 atom stereocenters. The lowest BCUT2D eigenvalue weighted by molar-refractivity contribution is -0.216. The van der Waals surface area contributed by atoms with Crippen molar-refractivity contribution in [1.82, 2.24) is 14.9 Å². The molecule has 3 heterocycles. The summed E-state index contributed by atoms with van der Waals surface area (Å²) in [7, 11) is 2.09. The van der Waals surface area contributed by atoms with Crippen LogP contribution in [0.4, 0.5) is 0 Å². The van der Waals surface area contributed by atoms with E-state index < -0.39 is 11.7 Å². The van der Waals surface area contributed by atoms with Crippen molar-refractivity contribution in [2.24, 2.45) is 0 Å². The summed E-state index contributed by atoms with van der Waals surface area (Å²) in [6.07, 6.45) is 6.77. The number of nitrogens with one attached hydrogen (secondary N) is 1. The number of imidazole rings is 1. The second-order valence-corrected chi connectivity index (χ2v) is 8.92. The number of aromatic amines is 1. The van der Waals surface area contributed by atoms with Crippen LogP contribution in [0.2, 0.25) is 0 Å². The summed E-state index contributed by atoms with van der Waals surface area (Å²) in [5, 5.41) is 11.4. The summed E-state index contributed by atoms with van der Waals surface area (Å²) in [5.74, 6) is 0.418. The highest BCUT2D eigenvalue weighted by Crippen LogP contribution is 2.50. The van der Waals surface area contributed by atoms with E-state index in [0.717, 1.165) is 37.9 Å². The molecule has 0 aliphatic carbocycles. The standard InChI is InChI=1S/C22H31N3O2/c1-21-10-9-19(25(3)14-18-13-23-15-24-18)20(26)22(2,27-21)12-17(11-21)16-7-5-4-6-8-16/h4-8,13,15,17,19-20,26H,9-12,14H2,1-3H3,(H,23,24)/t17-,19-,20+,21-,22-/m0/s1. The number of rotatable bonds is 4. The summed E-state index contributed by atoms with van der Waals surface area (Å²) in [6, 6.07) is 10.8. The van der Waals surface area contributed by atoms with Gasteiger partial charge in [-0.1, -0.05) is 30.3 Å². The monoisotopic (exact) mass is 369 g/mol. The van der Waals surface area contributed by atoms with E-state index >= 15 is 0 Å². The second kappa shape index (κ2) is 7.04. The molecule has 146 valence electrons. The maximum absolute atomic E-state index is 11.4. The fourth-order valence-corrected chi connectivity index (χ4v) is 5.26. The van der Waals surface area contributed by atoms with Crippen molar-refractivity contribution in [3.8, 4) is 0 Å². The lowest BCUT2D eigenvalue weighted by Crippen LogP contribution is -2.56. The third-order valence-electron chi connectivity index (χ3n) is 6.58. The van der Waals surface area contributed by atoms with Crippen molar-refractivity contribution in [2.75, 3.05) is 7.05 Å². The lowest BCUT2D eigenvalue weighted by Gasteiger charge is -2.49. The van der Waals surface area contributed by atoms with Crippen molar-refractivity contribution < 1.29 is 9.84 Å². The molecule has 2 saturated heterocycles. The zero-order chi connectivity index (χ0) is 19.1. The highest BCUT2D eigenvalue weighted by Gasteiger charge is 2.53. The molecule has 0 saturated carbocycles. The maximum Gasteiger partial charge on any atom is 0.0982 e. The smallest absolute Gasteiger partial charge is 0.0982 e. The molecule has 2 aromatic rings. The van der Waals surface area contributed by atoms with Crippen LogP contribution in [-0.2, 0) is 11.3 Å². The summed E-state index contributed by atoms with van der Waals surface area (Å²) < 4.78 is 6.61. The van der Waals surface area contributed by atoms with Gasteiger partial charge in [-0.15, -0.1) is 0 Å². The molecule has 0 amide bonds. The lowest BCUT2D eigenvalue weighted by atomic mass is 9.74. The van der Waals surface area contributed by atoms with Crippen molar-refractivity contribution in [3.63, 3.8) is 0 Å². The number of hydrogen-bond donors (Lipinski definition) is 2. The Morgan fingerprint density at radius 3 is 2.74 bits per heavy atom. The summed E-state index contributed by atoms with van der Waals surface area (Å²) in [6.45, 7) is 5.08. The molecule has 2 bridgehead atoms. The predicted molar refractivity (Wildman–Crippen MR) is 105 cm³/mol. The molecule has 27 heavy (non-hydrogen) atoms. The quantitative estimate of drug-likeness (QED) is 0.866. The number of aliphatic hydroxyl groups is 1. The van der Waals surface area contributed by atoms with E-state index in [9.17, 15) is 5.11 Å². The molecule has 1 aromatic carbocycles. The molecule has 2 aliphatic rings. The molecular formula is C22H31N3O2. The number of aromatic nitrogens is 2. The minimum atomic E-state index is -0.545. The average Bonchev–Trinajstić information content (AvgIpc) is 3.12. The molecule has 0 radical (unpaired) electrons. The summed E-state index contributed by atoms with van der Waals surface area (Å²) in [4.78, 5) is 9.52. The van der Waals surface area contributed by atoms with Gasteiger partial charge in [0.1, 0.15) is 0 Å². The van der Waals surface area contributed by atoms with E-state index in [2.05, 4.69) is 66.1 Å². The first-order chi connectivity index (χ1) is 12.9. The fourth-order valence-electron chi connectivity index (χ4n) is 5.26. The Labute approximate surface area is 161 Å². The fraction of sp³-hybridized carbons (Fsp3) is 0.591. The Morgan fingerprint density at radius 2 is 2.04 bits per heavy atom. The van der Waals surface area contributed by atoms with Gasteiger partial charge >= 0.3 is 0 Å². The minimum Gasteiger partial charge on any atom is -0.388 e. The molecule has 0 unspecified atom stereocenters. The summed E-state index contributed by atoms with van der Waals surface area (Å²) >= 11 is 0. The Morgan fingerprint density at radius 1 is 1.26 bits per heavy atom. The highest BCUT2D eigenvalue weighted by molar-refractivity contribution is 5.23. The SMILES string of the molecule is CN(Cc1cnc[nH]1)[C@H]1CC[C@@]2(C)C[C@H](c3ccccc3)C[C@](C)(O2)[C@@H]1O. The van der Waals surface area contributed by atoms with Gasteiger partial charge < -0.3 is 14.8 Å². The number of H-pyrrole nitrogens is 1. The number of hydrogen-bond acceptors (Lipinski definition) is 4. The first kappa shape index (κ1) is 18.7. The van der Waals surface area contributed by atoms with Gasteiger partial charge in [-0.05, 0) is 58.1 Å². The number of ether oxygens (including phenoxy) is 1. The van der Waals surface area contributed by atoms with Gasteiger partial charge in [0, 0.05) is 24.5 Å². The zero-order valence-electron chi connectivity index (χ0n) is 16.6. The molecule has 4 rings (SSSR count). The van der Waals surface area contributed by atoms with Crippen LogP contribution >= 0.6 is 0 Å². The molecule has 1 aromatic heterocycles. The van der Waals surface area contributed by atoms with Crippen molar-refractivity contribution >= 4 is 0 Å². The number of fused-ring (bicyclic) bond motifs is 2. The van der Waals surface area contributed by atoms with E-state index in [-0.39, 0.29) is 11.6 Å². The van der Waals surface area contributed by atoms with Crippen LogP contribution in [-0.4, -0.2) is 50.4 Å². The van der Waals surface area contributed by atoms with Gasteiger partial charge in [-0.25, -0.2) is 4.98 Å². The minimum absolute atomic E-state index is 0.0645.